The molecule has 16 heavy (non-hydrogen) atoms. The number of aryl methyl sites for hydroxylation is 1. The summed E-state index contributed by atoms with van der Waals surface area (Å²) in [4.78, 5) is 1.19. The summed E-state index contributed by atoms with van der Waals surface area (Å²) in [7, 11) is 1.93. The van der Waals surface area contributed by atoms with Crippen molar-refractivity contribution in [3.63, 3.8) is 0 Å². The predicted molar refractivity (Wildman–Crippen MR) is 67.1 cm³/mol. The van der Waals surface area contributed by atoms with Gasteiger partial charge in [-0.2, -0.15) is 5.10 Å². The highest BCUT2D eigenvalue weighted by atomic mass is 32.2. The Balaban J connectivity index is 2.04. The molecule has 0 unspecified atom stereocenters. The molecule has 2 aromatic rings. The van der Waals surface area contributed by atoms with E-state index in [1.54, 1.807) is 11.8 Å². The van der Waals surface area contributed by atoms with Crippen LogP contribution in [0.25, 0.3) is 0 Å². The van der Waals surface area contributed by atoms with Crippen LogP contribution in [-0.4, -0.2) is 9.78 Å². The predicted octanol–water partition coefficient (Wildman–Crippen LogP) is 2.17. The molecule has 0 spiro atoms. The van der Waals surface area contributed by atoms with E-state index in [4.69, 9.17) is 5.73 Å². The second-order valence-corrected chi connectivity index (χ2v) is 4.66. The van der Waals surface area contributed by atoms with Gasteiger partial charge in [0.1, 0.15) is 0 Å². The smallest absolute Gasteiger partial charge is 0.0625 e. The van der Waals surface area contributed by atoms with Crippen molar-refractivity contribution in [3.05, 3.63) is 47.8 Å². The van der Waals surface area contributed by atoms with Crippen LogP contribution in [-0.2, 0) is 19.3 Å². The van der Waals surface area contributed by atoms with Gasteiger partial charge in [0.2, 0.25) is 0 Å². The molecule has 84 valence electrons. The first-order chi connectivity index (χ1) is 7.79. The summed E-state index contributed by atoms with van der Waals surface area (Å²) in [6.07, 6.45) is 3.91. The van der Waals surface area contributed by atoms with Crippen molar-refractivity contribution in [2.24, 2.45) is 12.8 Å². The van der Waals surface area contributed by atoms with Crippen LogP contribution < -0.4 is 5.73 Å². The Labute approximate surface area is 99.7 Å². The average molecular weight is 233 g/mol. The van der Waals surface area contributed by atoms with Crippen LogP contribution in [0.15, 0.2) is 41.6 Å². The Hall–Kier alpha value is -1.26. The van der Waals surface area contributed by atoms with E-state index < -0.39 is 0 Å². The van der Waals surface area contributed by atoms with E-state index in [2.05, 4.69) is 23.3 Å². The summed E-state index contributed by atoms with van der Waals surface area (Å²) >= 11 is 1.78. The lowest BCUT2D eigenvalue weighted by molar-refractivity contribution is 0.766. The Morgan fingerprint density at radius 1 is 1.31 bits per heavy atom. The van der Waals surface area contributed by atoms with Crippen LogP contribution in [0.3, 0.4) is 0 Å². The highest BCUT2D eigenvalue weighted by molar-refractivity contribution is 7.98. The van der Waals surface area contributed by atoms with E-state index in [1.165, 1.54) is 16.0 Å². The van der Waals surface area contributed by atoms with Crippen molar-refractivity contribution >= 4 is 11.8 Å². The standard InChI is InChI=1S/C12H15N3S/c1-15-8-12(7-14-15)16-9-11-5-3-2-4-10(11)6-13/h2-5,7-8H,6,9,13H2,1H3. The summed E-state index contributed by atoms with van der Waals surface area (Å²) < 4.78 is 1.82. The molecule has 1 heterocycles. The van der Waals surface area contributed by atoms with Crippen LogP contribution in [0.1, 0.15) is 11.1 Å². The van der Waals surface area contributed by atoms with Gasteiger partial charge < -0.3 is 5.73 Å². The molecule has 0 radical (unpaired) electrons. The number of hydrogen-bond donors (Lipinski definition) is 1. The largest absolute Gasteiger partial charge is 0.326 e. The van der Waals surface area contributed by atoms with Crippen LogP contribution in [0.5, 0.6) is 0 Å². The summed E-state index contributed by atoms with van der Waals surface area (Å²) in [5.74, 6) is 0.944. The first-order valence-electron chi connectivity index (χ1n) is 5.18. The number of nitrogens with zero attached hydrogens (tertiary/aromatic N) is 2. The maximum absolute atomic E-state index is 5.70. The minimum Gasteiger partial charge on any atom is -0.326 e. The monoisotopic (exact) mass is 233 g/mol. The topological polar surface area (TPSA) is 43.8 Å². The molecule has 0 bridgehead atoms. The molecule has 0 aliphatic rings. The third-order valence-electron chi connectivity index (χ3n) is 2.41. The molecular weight excluding hydrogens is 218 g/mol. The van der Waals surface area contributed by atoms with Gasteiger partial charge in [-0.15, -0.1) is 11.8 Å². The Morgan fingerprint density at radius 3 is 2.69 bits per heavy atom. The molecule has 0 aliphatic heterocycles. The van der Waals surface area contributed by atoms with Crippen LogP contribution in [0.4, 0.5) is 0 Å². The fourth-order valence-corrected chi connectivity index (χ4v) is 2.48. The van der Waals surface area contributed by atoms with Crippen molar-refractivity contribution < 1.29 is 0 Å². The van der Waals surface area contributed by atoms with Gasteiger partial charge in [0.05, 0.1) is 6.20 Å². The lowest BCUT2D eigenvalue weighted by Gasteiger charge is -2.05. The first-order valence-corrected chi connectivity index (χ1v) is 6.16. The normalized spacial score (nSPS) is 10.6. The van der Waals surface area contributed by atoms with Crippen molar-refractivity contribution in [3.8, 4) is 0 Å². The van der Waals surface area contributed by atoms with Crippen LogP contribution in [0.2, 0.25) is 0 Å². The SMILES string of the molecule is Cn1cc(SCc2ccccc2CN)cn1. The van der Waals surface area contributed by atoms with Gasteiger partial charge in [0.15, 0.2) is 0 Å². The quantitative estimate of drug-likeness (QED) is 0.823. The molecular formula is C12H15N3S. The average Bonchev–Trinajstić information content (AvgIpc) is 2.73. The zero-order valence-electron chi connectivity index (χ0n) is 9.26. The van der Waals surface area contributed by atoms with Gasteiger partial charge in [0, 0.05) is 30.4 Å². The zero-order chi connectivity index (χ0) is 11.4. The third-order valence-corrected chi connectivity index (χ3v) is 3.41. The maximum atomic E-state index is 5.70. The van der Waals surface area contributed by atoms with Gasteiger partial charge >= 0.3 is 0 Å². The lowest BCUT2D eigenvalue weighted by atomic mass is 10.1. The molecule has 0 amide bonds. The van der Waals surface area contributed by atoms with Crippen molar-refractivity contribution in [1.82, 2.24) is 9.78 Å². The number of benzene rings is 1. The van der Waals surface area contributed by atoms with E-state index in [9.17, 15) is 0 Å². The highest BCUT2D eigenvalue weighted by Gasteiger charge is 2.02. The van der Waals surface area contributed by atoms with Gasteiger partial charge in [-0.25, -0.2) is 0 Å². The van der Waals surface area contributed by atoms with Crippen molar-refractivity contribution in [2.75, 3.05) is 0 Å². The van der Waals surface area contributed by atoms with Crippen molar-refractivity contribution in [2.45, 2.75) is 17.2 Å². The summed E-state index contributed by atoms with van der Waals surface area (Å²) in [5, 5.41) is 4.14. The first kappa shape index (κ1) is 11.2. The molecule has 0 saturated carbocycles. The molecule has 0 fully saturated rings. The third kappa shape index (κ3) is 2.65. The number of rotatable bonds is 4. The molecule has 2 N–H and O–H groups in total. The van der Waals surface area contributed by atoms with E-state index >= 15 is 0 Å². The molecule has 4 heteroatoms. The minimum absolute atomic E-state index is 0.601. The molecule has 0 saturated heterocycles. The summed E-state index contributed by atoms with van der Waals surface area (Å²) in [6, 6.07) is 8.30. The summed E-state index contributed by atoms with van der Waals surface area (Å²) in [5.41, 5.74) is 8.22. The van der Waals surface area contributed by atoms with Gasteiger partial charge in [-0.1, -0.05) is 24.3 Å². The molecule has 3 nitrogen and oxygen atoms in total. The molecule has 1 aromatic heterocycles. The minimum atomic E-state index is 0.601. The lowest BCUT2D eigenvalue weighted by Crippen LogP contribution is -2.00. The second-order valence-electron chi connectivity index (χ2n) is 3.61. The fourth-order valence-electron chi connectivity index (χ4n) is 1.53. The Bertz CT molecular complexity index is 465. The van der Waals surface area contributed by atoms with Gasteiger partial charge in [-0.3, -0.25) is 4.68 Å². The molecule has 0 aliphatic carbocycles. The maximum Gasteiger partial charge on any atom is 0.0625 e. The number of hydrogen-bond acceptors (Lipinski definition) is 3. The number of nitrogens with two attached hydrogens (primary N) is 1. The van der Waals surface area contributed by atoms with Gasteiger partial charge in [-0.05, 0) is 11.1 Å². The van der Waals surface area contributed by atoms with Crippen LogP contribution >= 0.6 is 11.8 Å². The van der Waals surface area contributed by atoms with E-state index in [1.807, 2.05) is 30.2 Å². The Kier molecular flexibility index (Phi) is 3.64. The van der Waals surface area contributed by atoms with E-state index in [0.717, 1.165) is 5.75 Å². The molecule has 2 rings (SSSR count). The zero-order valence-corrected chi connectivity index (χ0v) is 10.1. The molecule has 0 atom stereocenters. The highest BCUT2D eigenvalue weighted by Crippen LogP contribution is 2.23. The Morgan fingerprint density at radius 2 is 2.06 bits per heavy atom. The van der Waals surface area contributed by atoms with Crippen molar-refractivity contribution in [1.29, 1.82) is 0 Å². The van der Waals surface area contributed by atoms with Crippen LogP contribution in [0, 0.1) is 0 Å². The van der Waals surface area contributed by atoms with E-state index in [0.29, 0.717) is 6.54 Å². The number of aromatic nitrogens is 2. The number of thioether (sulfide) groups is 1. The van der Waals surface area contributed by atoms with E-state index in [-0.39, 0.29) is 0 Å². The molecule has 1 aromatic carbocycles. The van der Waals surface area contributed by atoms with Gasteiger partial charge in [0.25, 0.3) is 0 Å². The summed E-state index contributed by atoms with van der Waals surface area (Å²) in [6.45, 7) is 0.601. The second kappa shape index (κ2) is 5.18. The fraction of sp³-hybridized carbons (Fsp3) is 0.250.